The Morgan fingerprint density at radius 3 is 2.59 bits per heavy atom. The largest absolute Gasteiger partial charge is 0.445 e. The van der Waals surface area contributed by atoms with Crippen LogP contribution in [0.4, 0.5) is 4.79 Å². The van der Waals surface area contributed by atoms with E-state index in [1.54, 1.807) is 0 Å². The summed E-state index contributed by atoms with van der Waals surface area (Å²) in [6.45, 7) is 0.513. The minimum absolute atomic E-state index is 0.0777. The van der Waals surface area contributed by atoms with Crippen LogP contribution in [0, 0.1) is 0 Å². The molecule has 0 radical (unpaired) electrons. The third-order valence-corrected chi connectivity index (χ3v) is 2.68. The van der Waals surface area contributed by atoms with E-state index in [0.29, 0.717) is 13.0 Å². The second-order valence-electron chi connectivity index (χ2n) is 3.40. The van der Waals surface area contributed by atoms with Gasteiger partial charge < -0.3 is 10.1 Å². The molecule has 1 N–H and O–H groups in total. The van der Waals surface area contributed by atoms with Crippen LogP contribution in [0.5, 0.6) is 0 Å². The molecule has 0 spiro atoms. The molecule has 0 aliphatic carbocycles. The summed E-state index contributed by atoms with van der Waals surface area (Å²) in [7, 11) is -2.37. The van der Waals surface area contributed by atoms with E-state index in [0.717, 1.165) is 5.56 Å². The monoisotopic (exact) mass is 257 g/mol. The Morgan fingerprint density at radius 2 is 1.94 bits per heavy atom. The van der Waals surface area contributed by atoms with Crippen molar-refractivity contribution in [1.82, 2.24) is 5.32 Å². The first-order valence-electron chi connectivity index (χ1n) is 5.25. The van der Waals surface area contributed by atoms with E-state index in [1.165, 1.54) is 0 Å². The predicted molar refractivity (Wildman–Crippen MR) is 64.4 cm³/mol. The van der Waals surface area contributed by atoms with Crippen LogP contribution in [-0.4, -0.2) is 26.8 Å². The van der Waals surface area contributed by atoms with Crippen molar-refractivity contribution in [3.05, 3.63) is 35.9 Å². The van der Waals surface area contributed by atoms with Crippen LogP contribution in [0.15, 0.2) is 30.3 Å². The van der Waals surface area contributed by atoms with Crippen LogP contribution in [0.3, 0.4) is 0 Å². The Hall–Kier alpha value is -1.56. The van der Waals surface area contributed by atoms with Gasteiger partial charge in [0.1, 0.15) is 17.3 Å². The van der Waals surface area contributed by atoms with Gasteiger partial charge in [0.05, 0.1) is 0 Å². The summed E-state index contributed by atoms with van der Waals surface area (Å²) in [5.41, 5.74) is 0.908. The second-order valence-corrected chi connectivity index (χ2v) is 4.51. The molecule has 0 aliphatic rings. The molecule has 0 unspecified atom stereocenters. The molecule has 0 atom stereocenters. The highest BCUT2D eigenvalue weighted by Gasteiger charge is 2.01. The van der Waals surface area contributed by atoms with Crippen LogP contribution in [0.25, 0.3) is 0 Å². The Bertz CT molecular complexity index is 409. The lowest BCUT2D eigenvalue weighted by molar-refractivity contribution is 0.139. The summed E-state index contributed by atoms with van der Waals surface area (Å²) in [6.07, 6.45) is -0.131. The third kappa shape index (κ3) is 6.57. The van der Waals surface area contributed by atoms with Crippen molar-refractivity contribution >= 4 is 16.8 Å². The van der Waals surface area contributed by atoms with Crippen LogP contribution < -0.4 is 5.32 Å². The molecule has 17 heavy (non-hydrogen) atoms. The number of ether oxygens (including phenoxy) is 1. The lowest BCUT2D eigenvalue weighted by atomic mass is 10.2. The van der Waals surface area contributed by atoms with E-state index in [-0.39, 0.29) is 12.4 Å². The third-order valence-electron chi connectivity index (χ3n) is 2.00. The normalized spacial score (nSPS) is 10.2. The molecule has 6 heteroatoms. The highest BCUT2D eigenvalue weighted by molar-refractivity contribution is 7.72. The van der Waals surface area contributed by atoms with Crippen molar-refractivity contribution < 1.29 is 17.9 Å². The van der Waals surface area contributed by atoms with Gasteiger partial charge in [-0.3, -0.25) is 0 Å². The van der Waals surface area contributed by atoms with Crippen LogP contribution in [0.1, 0.15) is 12.0 Å². The van der Waals surface area contributed by atoms with Gasteiger partial charge >= 0.3 is 6.09 Å². The first-order chi connectivity index (χ1) is 8.18. The van der Waals surface area contributed by atoms with Crippen LogP contribution in [-0.2, 0) is 22.0 Å². The molecule has 0 aromatic heterocycles. The average Bonchev–Trinajstić information content (AvgIpc) is 2.33. The molecule has 0 heterocycles. The van der Waals surface area contributed by atoms with E-state index in [1.807, 2.05) is 30.3 Å². The van der Waals surface area contributed by atoms with Gasteiger partial charge in [0.25, 0.3) is 0 Å². The zero-order valence-corrected chi connectivity index (χ0v) is 10.2. The molecule has 5 nitrogen and oxygen atoms in total. The molecule has 1 amide bonds. The predicted octanol–water partition coefficient (Wildman–Crippen LogP) is 0.914. The number of carbonyl (C=O) groups is 1. The number of thiol groups is 1. The van der Waals surface area contributed by atoms with Crippen molar-refractivity contribution in [2.45, 2.75) is 13.0 Å². The number of benzene rings is 1. The molecule has 0 saturated carbocycles. The van der Waals surface area contributed by atoms with Crippen LogP contribution in [0.2, 0.25) is 0 Å². The minimum Gasteiger partial charge on any atom is -0.445 e. The van der Waals surface area contributed by atoms with E-state index < -0.39 is 16.8 Å². The molecular formula is C11H15NO4S. The molecule has 1 aromatic rings. The number of carbonyl (C=O) groups excluding carboxylic acids is 1. The Morgan fingerprint density at radius 1 is 1.24 bits per heavy atom. The summed E-state index contributed by atoms with van der Waals surface area (Å²) in [6, 6.07) is 9.32. The summed E-state index contributed by atoms with van der Waals surface area (Å²) in [5, 5.41) is 2.48. The van der Waals surface area contributed by atoms with Gasteiger partial charge in [-0.15, -0.1) is 0 Å². The van der Waals surface area contributed by atoms with Crippen molar-refractivity contribution in [2.24, 2.45) is 0 Å². The number of hydrogen-bond acceptors (Lipinski definition) is 4. The Kier molecular flexibility index (Phi) is 6.09. The van der Waals surface area contributed by atoms with Gasteiger partial charge in [0, 0.05) is 12.3 Å². The van der Waals surface area contributed by atoms with Gasteiger partial charge in [-0.1, -0.05) is 30.3 Å². The standard InChI is InChI=1S/C11H15NO4S/c13-11(12-7-4-8-17(14)15)16-9-10-5-2-1-3-6-10/h1-3,5-6,17H,4,7-9H2,(H,12,13). The summed E-state index contributed by atoms with van der Waals surface area (Å²) in [4.78, 5) is 11.2. The van der Waals surface area contributed by atoms with Gasteiger partial charge in [0.2, 0.25) is 0 Å². The minimum atomic E-state index is -2.37. The van der Waals surface area contributed by atoms with Crippen molar-refractivity contribution in [3.63, 3.8) is 0 Å². The van der Waals surface area contributed by atoms with Crippen molar-refractivity contribution in [2.75, 3.05) is 12.3 Å². The fourth-order valence-corrected chi connectivity index (χ4v) is 1.59. The lowest BCUT2D eigenvalue weighted by Gasteiger charge is -2.05. The number of rotatable bonds is 6. The zero-order chi connectivity index (χ0) is 12.5. The molecule has 0 saturated heterocycles. The SMILES string of the molecule is O=C(NCCC[SH](=O)=O)OCc1ccccc1. The average molecular weight is 257 g/mol. The van der Waals surface area contributed by atoms with E-state index in [2.05, 4.69) is 5.32 Å². The molecular weight excluding hydrogens is 242 g/mol. The zero-order valence-electron chi connectivity index (χ0n) is 9.30. The molecule has 0 aliphatic heterocycles. The van der Waals surface area contributed by atoms with Gasteiger partial charge in [-0.25, -0.2) is 13.2 Å². The van der Waals surface area contributed by atoms with Crippen LogP contribution >= 0.6 is 0 Å². The number of amides is 1. The summed E-state index contributed by atoms with van der Waals surface area (Å²) < 4.78 is 25.4. The fourth-order valence-electron chi connectivity index (χ4n) is 1.17. The van der Waals surface area contributed by atoms with Crippen molar-refractivity contribution in [3.8, 4) is 0 Å². The quantitative estimate of drug-likeness (QED) is 0.587. The van der Waals surface area contributed by atoms with Crippen molar-refractivity contribution in [1.29, 1.82) is 0 Å². The summed E-state index contributed by atoms with van der Waals surface area (Å²) >= 11 is 0. The van der Waals surface area contributed by atoms with Gasteiger partial charge in [-0.05, 0) is 12.0 Å². The fraction of sp³-hybridized carbons (Fsp3) is 0.364. The van der Waals surface area contributed by atoms with Gasteiger partial charge in [0.15, 0.2) is 0 Å². The van der Waals surface area contributed by atoms with E-state index in [9.17, 15) is 13.2 Å². The highest BCUT2D eigenvalue weighted by atomic mass is 32.2. The molecule has 1 rings (SSSR count). The lowest BCUT2D eigenvalue weighted by Crippen LogP contribution is -2.25. The van der Waals surface area contributed by atoms with E-state index in [4.69, 9.17) is 4.74 Å². The molecule has 0 fully saturated rings. The Labute approximate surface area is 102 Å². The molecule has 1 aromatic carbocycles. The maximum Gasteiger partial charge on any atom is 0.407 e. The topological polar surface area (TPSA) is 72.5 Å². The Balaban J connectivity index is 2.13. The molecule has 0 bridgehead atoms. The second kappa shape index (κ2) is 7.67. The highest BCUT2D eigenvalue weighted by Crippen LogP contribution is 2.00. The first kappa shape index (κ1) is 13.5. The maximum absolute atomic E-state index is 11.2. The number of alkyl carbamates (subject to hydrolysis) is 1. The van der Waals surface area contributed by atoms with E-state index >= 15 is 0 Å². The van der Waals surface area contributed by atoms with Gasteiger partial charge in [-0.2, -0.15) is 0 Å². The smallest absolute Gasteiger partial charge is 0.407 e. The molecule has 94 valence electrons. The summed E-state index contributed by atoms with van der Waals surface area (Å²) in [5.74, 6) is 0.0777. The number of nitrogens with one attached hydrogen (secondary N) is 1. The number of hydrogen-bond donors (Lipinski definition) is 2. The maximum atomic E-state index is 11.2. The first-order valence-corrected chi connectivity index (χ1v) is 6.61.